The average Bonchev–Trinajstić information content (AvgIpc) is 2.92. The van der Waals surface area contributed by atoms with Gasteiger partial charge < -0.3 is 11.2 Å². The number of thioether (sulfide) groups is 1. The van der Waals surface area contributed by atoms with E-state index in [1.54, 1.807) is 0 Å². The van der Waals surface area contributed by atoms with Gasteiger partial charge in [-0.3, -0.25) is 4.79 Å². The average molecular weight is 333 g/mol. The van der Waals surface area contributed by atoms with Crippen LogP contribution in [-0.4, -0.2) is 26.5 Å². The third-order valence-corrected chi connectivity index (χ3v) is 4.44. The summed E-state index contributed by atoms with van der Waals surface area (Å²) in [6.07, 6.45) is 2.90. The molecule has 0 spiro atoms. The topological polar surface area (TPSA) is 85.8 Å². The zero-order valence-electron chi connectivity index (χ0n) is 13.5. The molecule has 0 unspecified atom stereocenters. The molecular formula is C16H23N5OS. The van der Waals surface area contributed by atoms with Crippen LogP contribution in [0.3, 0.4) is 0 Å². The van der Waals surface area contributed by atoms with Crippen molar-refractivity contribution in [1.29, 1.82) is 0 Å². The minimum absolute atomic E-state index is 0.0276. The predicted octanol–water partition coefficient (Wildman–Crippen LogP) is 2.30. The summed E-state index contributed by atoms with van der Waals surface area (Å²) in [5.41, 5.74) is 1.08. The van der Waals surface area contributed by atoms with E-state index in [0.29, 0.717) is 5.16 Å². The molecule has 0 aliphatic carbocycles. The second-order valence-corrected chi connectivity index (χ2v) is 6.30. The zero-order valence-corrected chi connectivity index (χ0v) is 14.3. The Morgan fingerprint density at radius 3 is 2.78 bits per heavy atom. The first kappa shape index (κ1) is 17.3. The van der Waals surface area contributed by atoms with Crippen LogP contribution in [0, 0.1) is 0 Å². The lowest BCUT2D eigenvalue weighted by molar-refractivity contribution is -0.119. The molecule has 1 aromatic heterocycles. The van der Waals surface area contributed by atoms with Gasteiger partial charge in [0.1, 0.15) is 0 Å². The molecule has 23 heavy (non-hydrogen) atoms. The van der Waals surface area contributed by atoms with Crippen molar-refractivity contribution >= 4 is 17.7 Å². The van der Waals surface area contributed by atoms with Gasteiger partial charge in [-0.2, -0.15) is 0 Å². The minimum Gasteiger partial charge on any atom is -0.349 e. The number of carbonyl (C=O) groups is 1. The number of rotatable bonds is 8. The summed E-state index contributed by atoms with van der Waals surface area (Å²) in [5.74, 6) is 6.93. The van der Waals surface area contributed by atoms with Crippen molar-refractivity contribution in [2.75, 3.05) is 11.6 Å². The van der Waals surface area contributed by atoms with Crippen molar-refractivity contribution in [1.82, 2.24) is 20.2 Å². The fourth-order valence-electron chi connectivity index (χ4n) is 2.15. The Balaban J connectivity index is 1.84. The Kier molecular flexibility index (Phi) is 6.46. The van der Waals surface area contributed by atoms with E-state index in [1.165, 1.54) is 16.4 Å². The molecule has 6 nitrogen and oxygen atoms in total. The van der Waals surface area contributed by atoms with Crippen molar-refractivity contribution < 1.29 is 4.79 Å². The number of nitrogens with one attached hydrogen (secondary N) is 1. The second-order valence-electron chi connectivity index (χ2n) is 5.36. The first-order chi connectivity index (χ1) is 11.1. The third kappa shape index (κ3) is 4.99. The highest BCUT2D eigenvalue weighted by Gasteiger charge is 2.13. The van der Waals surface area contributed by atoms with E-state index in [0.717, 1.165) is 30.7 Å². The molecule has 0 aliphatic rings. The lowest BCUT2D eigenvalue weighted by atomic mass is 10.1. The first-order valence-electron chi connectivity index (χ1n) is 7.78. The summed E-state index contributed by atoms with van der Waals surface area (Å²) in [5, 5.41) is 11.7. The molecule has 124 valence electrons. The maximum absolute atomic E-state index is 12.1. The number of aromatic nitrogens is 3. The fourth-order valence-corrected chi connectivity index (χ4v) is 2.84. The Morgan fingerprint density at radius 1 is 1.35 bits per heavy atom. The number of hydrogen-bond donors (Lipinski definition) is 2. The largest absolute Gasteiger partial charge is 0.349 e. The number of aryl methyl sites for hydroxylation is 1. The molecule has 1 atom stereocenters. The van der Waals surface area contributed by atoms with E-state index in [4.69, 9.17) is 5.84 Å². The van der Waals surface area contributed by atoms with Gasteiger partial charge in [-0.25, -0.2) is 4.68 Å². The van der Waals surface area contributed by atoms with Gasteiger partial charge in [0.25, 0.3) is 0 Å². The maximum Gasteiger partial charge on any atom is 0.230 e. The molecule has 3 N–H and O–H groups in total. The third-order valence-electron chi connectivity index (χ3n) is 3.50. The summed E-state index contributed by atoms with van der Waals surface area (Å²) < 4.78 is 1.48. The van der Waals surface area contributed by atoms with Gasteiger partial charge in [-0.1, -0.05) is 55.4 Å². The van der Waals surface area contributed by atoms with Crippen LogP contribution in [0.1, 0.15) is 44.1 Å². The number of benzene rings is 1. The standard InChI is InChI=1S/C16H23N5OS/c1-3-4-10-14-19-20-16(21(14)17)23-11-15(22)18-12(2)13-8-6-5-7-9-13/h5-9,12H,3-4,10-11,17H2,1-2H3,(H,18,22)/t12-/m0/s1. The van der Waals surface area contributed by atoms with Gasteiger partial charge >= 0.3 is 0 Å². The number of carbonyl (C=O) groups excluding carboxylic acids is 1. The van der Waals surface area contributed by atoms with Gasteiger partial charge in [-0.05, 0) is 18.9 Å². The zero-order chi connectivity index (χ0) is 16.7. The molecule has 0 saturated carbocycles. The van der Waals surface area contributed by atoms with E-state index in [1.807, 2.05) is 37.3 Å². The Bertz CT molecular complexity index is 629. The fraction of sp³-hybridized carbons (Fsp3) is 0.438. The van der Waals surface area contributed by atoms with Crippen molar-refractivity contribution in [3.63, 3.8) is 0 Å². The van der Waals surface area contributed by atoms with Crippen LogP contribution in [-0.2, 0) is 11.2 Å². The maximum atomic E-state index is 12.1. The van der Waals surface area contributed by atoms with Crippen molar-refractivity contribution in [2.24, 2.45) is 0 Å². The molecule has 2 aromatic rings. The summed E-state index contributed by atoms with van der Waals surface area (Å²) in [6, 6.07) is 9.84. The van der Waals surface area contributed by atoms with E-state index < -0.39 is 0 Å². The van der Waals surface area contributed by atoms with Crippen LogP contribution in [0.25, 0.3) is 0 Å². The number of nitrogens with two attached hydrogens (primary N) is 1. The van der Waals surface area contributed by atoms with Gasteiger partial charge in [0.15, 0.2) is 5.82 Å². The highest BCUT2D eigenvalue weighted by atomic mass is 32.2. The lowest BCUT2D eigenvalue weighted by Gasteiger charge is -2.13. The van der Waals surface area contributed by atoms with E-state index >= 15 is 0 Å². The molecule has 2 rings (SSSR count). The first-order valence-corrected chi connectivity index (χ1v) is 8.76. The predicted molar refractivity (Wildman–Crippen MR) is 92.5 cm³/mol. The van der Waals surface area contributed by atoms with Crippen LogP contribution in [0.5, 0.6) is 0 Å². The molecule has 1 heterocycles. The highest BCUT2D eigenvalue weighted by molar-refractivity contribution is 7.99. The van der Waals surface area contributed by atoms with Gasteiger partial charge in [0.05, 0.1) is 11.8 Å². The highest BCUT2D eigenvalue weighted by Crippen LogP contribution is 2.16. The van der Waals surface area contributed by atoms with Crippen molar-refractivity contribution in [3.05, 3.63) is 41.7 Å². The Morgan fingerprint density at radius 2 is 2.09 bits per heavy atom. The molecule has 0 aliphatic heterocycles. The SMILES string of the molecule is CCCCc1nnc(SCC(=O)N[C@@H](C)c2ccccc2)n1N. The molecule has 0 radical (unpaired) electrons. The van der Waals surface area contributed by atoms with Crippen molar-refractivity contribution in [3.8, 4) is 0 Å². The summed E-state index contributed by atoms with van der Waals surface area (Å²) >= 11 is 1.30. The quantitative estimate of drug-likeness (QED) is 0.572. The number of unbranched alkanes of at least 4 members (excludes halogenated alkanes) is 1. The summed E-state index contributed by atoms with van der Waals surface area (Å²) in [6.45, 7) is 4.08. The van der Waals surface area contributed by atoms with E-state index in [-0.39, 0.29) is 17.7 Å². The Labute approximate surface area is 140 Å². The monoisotopic (exact) mass is 333 g/mol. The van der Waals surface area contributed by atoms with Gasteiger partial charge in [0.2, 0.25) is 11.1 Å². The Hall–Kier alpha value is -2.02. The molecular weight excluding hydrogens is 310 g/mol. The van der Waals surface area contributed by atoms with Gasteiger partial charge in [-0.15, -0.1) is 10.2 Å². The minimum atomic E-state index is -0.0514. The van der Waals surface area contributed by atoms with Crippen LogP contribution < -0.4 is 11.2 Å². The second kappa shape index (κ2) is 8.57. The molecule has 0 saturated heterocycles. The lowest BCUT2D eigenvalue weighted by Crippen LogP contribution is -2.28. The smallest absolute Gasteiger partial charge is 0.230 e. The normalized spacial score (nSPS) is 12.1. The van der Waals surface area contributed by atoms with Crippen LogP contribution in [0.4, 0.5) is 0 Å². The number of nitrogens with zero attached hydrogens (tertiary/aromatic N) is 3. The van der Waals surface area contributed by atoms with Crippen LogP contribution in [0.15, 0.2) is 35.5 Å². The number of hydrogen-bond acceptors (Lipinski definition) is 5. The molecule has 7 heteroatoms. The number of nitrogen functional groups attached to an aromatic ring is 1. The van der Waals surface area contributed by atoms with Crippen molar-refractivity contribution in [2.45, 2.75) is 44.3 Å². The molecule has 1 amide bonds. The molecule has 0 fully saturated rings. The summed E-state index contributed by atoms with van der Waals surface area (Å²) in [4.78, 5) is 12.1. The van der Waals surface area contributed by atoms with Gasteiger partial charge in [0, 0.05) is 6.42 Å². The van der Waals surface area contributed by atoms with Crippen LogP contribution in [0.2, 0.25) is 0 Å². The van der Waals surface area contributed by atoms with Crippen LogP contribution >= 0.6 is 11.8 Å². The molecule has 0 bridgehead atoms. The number of amides is 1. The summed E-state index contributed by atoms with van der Waals surface area (Å²) in [7, 11) is 0. The van der Waals surface area contributed by atoms with E-state index in [2.05, 4.69) is 22.4 Å². The molecule has 1 aromatic carbocycles. The van der Waals surface area contributed by atoms with E-state index in [9.17, 15) is 4.79 Å².